The molecular weight excluding hydrogens is 294 g/mol. The average molecular weight is 313 g/mol. The standard InChI is InChI=1S/C17H19N3O3/c1-12-7-8-15(19-18-12)23-14-9-10-20(11-14)17(22)16(21)13-5-3-2-4-6-13/h2-8,14,16,21H,9-11H2,1H3. The Kier molecular flexibility index (Phi) is 4.52. The number of carbonyl (C=O) groups is 1. The maximum Gasteiger partial charge on any atom is 0.256 e. The van der Waals surface area contributed by atoms with Gasteiger partial charge in [0.2, 0.25) is 5.88 Å². The van der Waals surface area contributed by atoms with Crippen molar-refractivity contribution in [2.45, 2.75) is 25.6 Å². The summed E-state index contributed by atoms with van der Waals surface area (Å²) in [7, 11) is 0. The highest BCUT2D eigenvalue weighted by atomic mass is 16.5. The lowest BCUT2D eigenvalue weighted by atomic mass is 10.1. The summed E-state index contributed by atoms with van der Waals surface area (Å²) in [6, 6.07) is 12.5. The van der Waals surface area contributed by atoms with Crippen LogP contribution in [0.1, 0.15) is 23.8 Å². The van der Waals surface area contributed by atoms with E-state index in [9.17, 15) is 9.90 Å². The molecule has 1 amide bonds. The topological polar surface area (TPSA) is 75.5 Å². The zero-order valence-corrected chi connectivity index (χ0v) is 12.9. The molecule has 2 aromatic rings. The van der Waals surface area contributed by atoms with Gasteiger partial charge in [-0.05, 0) is 18.6 Å². The van der Waals surface area contributed by atoms with E-state index in [0.717, 1.165) is 5.69 Å². The monoisotopic (exact) mass is 313 g/mol. The molecule has 2 unspecified atom stereocenters. The van der Waals surface area contributed by atoms with Crippen molar-refractivity contribution in [3.8, 4) is 5.88 Å². The number of amides is 1. The third kappa shape index (κ3) is 3.65. The predicted octanol–water partition coefficient (Wildman–Crippen LogP) is 1.50. The lowest BCUT2D eigenvalue weighted by Crippen LogP contribution is -2.34. The van der Waals surface area contributed by atoms with Gasteiger partial charge in [-0.1, -0.05) is 30.3 Å². The van der Waals surface area contributed by atoms with E-state index in [4.69, 9.17) is 4.74 Å². The summed E-state index contributed by atoms with van der Waals surface area (Å²) < 4.78 is 5.75. The Bertz CT molecular complexity index is 661. The van der Waals surface area contributed by atoms with Gasteiger partial charge in [0.25, 0.3) is 5.91 Å². The number of benzene rings is 1. The van der Waals surface area contributed by atoms with Crippen LogP contribution in [0.4, 0.5) is 0 Å². The van der Waals surface area contributed by atoms with Crippen LogP contribution in [0.25, 0.3) is 0 Å². The Morgan fingerprint density at radius 1 is 1.26 bits per heavy atom. The first-order chi connectivity index (χ1) is 11.1. The van der Waals surface area contributed by atoms with E-state index in [1.54, 1.807) is 35.2 Å². The molecule has 1 aliphatic rings. The maximum absolute atomic E-state index is 12.4. The zero-order chi connectivity index (χ0) is 16.2. The van der Waals surface area contributed by atoms with Gasteiger partial charge in [-0.15, -0.1) is 5.10 Å². The van der Waals surface area contributed by atoms with E-state index in [0.29, 0.717) is 31.0 Å². The molecule has 1 aromatic carbocycles. The van der Waals surface area contributed by atoms with Gasteiger partial charge in [0.1, 0.15) is 6.10 Å². The van der Waals surface area contributed by atoms with Crippen molar-refractivity contribution >= 4 is 5.91 Å². The lowest BCUT2D eigenvalue weighted by molar-refractivity contribution is -0.139. The molecule has 0 spiro atoms. The van der Waals surface area contributed by atoms with Crippen molar-refractivity contribution in [2.75, 3.05) is 13.1 Å². The fraction of sp³-hybridized carbons (Fsp3) is 0.353. The zero-order valence-electron chi connectivity index (χ0n) is 12.9. The summed E-state index contributed by atoms with van der Waals surface area (Å²) in [6.45, 7) is 2.86. The Hall–Kier alpha value is -2.47. The molecule has 1 aliphatic heterocycles. The van der Waals surface area contributed by atoms with Crippen LogP contribution in [0.15, 0.2) is 42.5 Å². The van der Waals surface area contributed by atoms with Crippen molar-refractivity contribution < 1.29 is 14.6 Å². The summed E-state index contributed by atoms with van der Waals surface area (Å²) in [6.07, 6.45) is -0.545. The third-order valence-corrected chi connectivity index (χ3v) is 3.87. The summed E-state index contributed by atoms with van der Waals surface area (Å²) in [5, 5.41) is 18.1. The minimum absolute atomic E-state index is 0.126. The molecule has 1 saturated heterocycles. The number of hydrogen-bond acceptors (Lipinski definition) is 5. The maximum atomic E-state index is 12.4. The van der Waals surface area contributed by atoms with Crippen molar-refractivity contribution in [2.24, 2.45) is 0 Å². The van der Waals surface area contributed by atoms with Crippen LogP contribution in [0.5, 0.6) is 5.88 Å². The quantitative estimate of drug-likeness (QED) is 0.926. The Labute approximate surface area is 134 Å². The highest BCUT2D eigenvalue weighted by Crippen LogP contribution is 2.21. The Morgan fingerprint density at radius 2 is 2.04 bits per heavy atom. The number of carbonyl (C=O) groups excluding carboxylic acids is 1. The summed E-state index contributed by atoms with van der Waals surface area (Å²) in [5.41, 5.74) is 1.43. The van der Waals surface area contributed by atoms with Crippen molar-refractivity contribution in [3.05, 3.63) is 53.7 Å². The van der Waals surface area contributed by atoms with Gasteiger partial charge in [0.05, 0.1) is 12.2 Å². The minimum Gasteiger partial charge on any atom is -0.471 e. The number of hydrogen-bond donors (Lipinski definition) is 1. The Balaban J connectivity index is 1.58. The SMILES string of the molecule is Cc1ccc(OC2CCN(C(=O)C(O)c3ccccc3)C2)nn1. The van der Waals surface area contributed by atoms with Crippen LogP contribution < -0.4 is 4.74 Å². The van der Waals surface area contributed by atoms with Crippen LogP contribution in [0.2, 0.25) is 0 Å². The highest BCUT2D eigenvalue weighted by molar-refractivity contribution is 5.82. The number of aliphatic hydroxyl groups is 1. The summed E-state index contributed by atoms with van der Waals surface area (Å²) in [5.74, 6) is 0.163. The molecule has 1 N–H and O–H groups in total. The summed E-state index contributed by atoms with van der Waals surface area (Å²) in [4.78, 5) is 14.0. The van der Waals surface area contributed by atoms with Gasteiger partial charge in [0, 0.05) is 19.0 Å². The number of rotatable bonds is 4. The molecule has 0 bridgehead atoms. The first kappa shape index (κ1) is 15.4. The lowest BCUT2D eigenvalue weighted by Gasteiger charge is -2.20. The van der Waals surface area contributed by atoms with E-state index in [-0.39, 0.29) is 12.0 Å². The smallest absolute Gasteiger partial charge is 0.256 e. The number of nitrogens with zero attached hydrogens (tertiary/aromatic N) is 3. The first-order valence-electron chi connectivity index (χ1n) is 7.62. The number of aryl methyl sites for hydroxylation is 1. The second-order valence-electron chi connectivity index (χ2n) is 5.64. The molecule has 6 nitrogen and oxygen atoms in total. The van der Waals surface area contributed by atoms with Gasteiger partial charge in [0.15, 0.2) is 6.10 Å². The molecule has 0 aliphatic carbocycles. The number of aliphatic hydroxyl groups excluding tert-OH is 1. The second kappa shape index (κ2) is 6.75. The molecule has 23 heavy (non-hydrogen) atoms. The van der Waals surface area contributed by atoms with Crippen molar-refractivity contribution in [3.63, 3.8) is 0 Å². The second-order valence-corrected chi connectivity index (χ2v) is 5.64. The van der Waals surface area contributed by atoms with E-state index in [2.05, 4.69) is 10.2 Å². The van der Waals surface area contributed by atoms with Crippen molar-refractivity contribution in [1.82, 2.24) is 15.1 Å². The molecule has 120 valence electrons. The average Bonchev–Trinajstić information content (AvgIpc) is 3.05. The van der Waals surface area contributed by atoms with Gasteiger partial charge in [-0.3, -0.25) is 4.79 Å². The predicted molar refractivity (Wildman–Crippen MR) is 83.8 cm³/mol. The van der Waals surface area contributed by atoms with E-state index < -0.39 is 6.10 Å². The van der Waals surface area contributed by atoms with Gasteiger partial charge in [-0.25, -0.2) is 0 Å². The molecule has 6 heteroatoms. The van der Waals surface area contributed by atoms with Crippen LogP contribution in [0.3, 0.4) is 0 Å². The molecule has 3 rings (SSSR count). The third-order valence-electron chi connectivity index (χ3n) is 3.87. The normalized spacial score (nSPS) is 18.7. The van der Waals surface area contributed by atoms with E-state index >= 15 is 0 Å². The number of aromatic nitrogens is 2. The van der Waals surface area contributed by atoms with E-state index in [1.165, 1.54) is 0 Å². The summed E-state index contributed by atoms with van der Waals surface area (Å²) >= 11 is 0. The molecule has 1 aromatic heterocycles. The van der Waals surface area contributed by atoms with Crippen LogP contribution in [0, 0.1) is 6.92 Å². The van der Waals surface area contributed by atoms with Gasteiger partial charge >= 0.3 is 0 Å². The fourth-order valence-corrected chi connectivity index (χ4v) is 2.60. The van der Waals surface area contributed by atoms with Crippen LogP contribution in [-0.4, -0.2) is 45.3 Å². The molecular formula is C17H19N3O3. The fourth-order valence-electron chi connectivity index (χ4n) is 2.60. The highest BCUT2D eigenvalue weighted by Gasteiger charge is 2.31. The van der Waals surface area contributed by atoms with Crippen molar-refractivity contribution in [1.29, 1.82) is 0 Å². The molecule has 0 saturated carbocycles. The molecule has 2 atom stereocenters. The molecule has 1 fully saturated rings. The Morgan fingerprint density at radius 3 is 2.74 bits per heavy atom. The van der Waals surface area contributed by atoms with Crippen LogP contribution >= 0.6 is 0 Å². The largest absolute Gasteiger partial charge is 0.471 e. The molecule has 0 radical (unpaired) electrons. The van der Waals surface area contributed by atoms with Gasteiger partial charge < -0.3 is 14.7 Å². The minimum atomic E-state index is -1.13. The number of likely N-dealkylation sites (tertiary alicyclic amines) is 1. The van der Waals surface area contributed by atoms with Crippen LogP contribution in [-0.2, 0) is 4.79 Å². The number of ether oxygens (including phenoxy) is 1. The van der Waals surface area contributed by atoms with Gasteiger partial charge in [-0.2, -0.15) is 5.10 Å². The molecule has 2 heterocycles. The first-order valence-corrected chi connectivity index (χ1v) is 7.62. The van der Waals surface area contributed by atoms with E-state index in [1.807, 2.05) is 19.1 Å².